The molecule has 5 atom stereocenters. The summed E-state index contributed by atoms with van der Waals surface area (Å²) < 4.78 is 29.4. The lowest BCUT2D eigenvalue weighted by Gasteiger charge is -2.27. The molecule has 0 aromatic carbocycles. The molecule has 0 N–H and O–H groups in total. The fraction of sp³-hybridized carbons (Fsp3) is 0.765. The van der Waals surface area contributed by atoms with E-state index in [0.717, 1.165) is 31.2 Å². The normalized spacial score (nSPS) is 36.5. The van der Waals surface area contributed by atoms with Crippen molar-refractivity contribution in [2.24, 2.45) is 0 Å². The van der Waals surface area contributed by atoms with Crippen LogP contribution in [0.3, 0.4) is 0 Å². The number of hydrogen-bond donors (Lipinski definition) is 0. The predicted octanol–water partition coefficient (Wildman–Crippen LogP) is 4.27. The van der Waals surface area contributed by atoms with Gasteiger partial charge in [0.05, 0.1) is 19.0 Å². The Morgan fingerprint density at radius 1 is 1.30 bits per heavy atom. The Hall–Kier alpha value is -0.590. The van der Waals surface area contributed by atoms with Gasteiger partial charge in [-0.25, -0.2) is 0 Å². The molecule has 130 valence electrons. The molecular weight excluding hydrogens is 320 g/mol. The van der Waals surface area contributed by atoms with E-state index in [9.17, 15) is 0 Å². The third kappa shape index (κ3) is 3.59. The number of rotatable bonds is 7. The highest BCUT2D eigenvalue weighted by Gasteiger charge is 2.55. The van der Waals surface area contributed by atoms with Crippen molar-refractivity contribution in [2.75, 3.05) is 0 Å². The van der Waals surface area contributed by atoms with Gasteiger partial charge >= 0.3 is 0 Å². The first-order valence-corrected chi connectivity index (χ1v) is 8.78. The Labute approximate surface area is 142 Å². The van der Waals surface area contributed by atoms with Gasteiger partial charge in [-0.3, -0.25) is 0 Å². The van der Waals surface area contributed by atoms with Crippen molar-refractivity contribution >= 4 is 11.6 Å². The molecule has 5 nitrogen and oxygen atoms in total. The zero-order valence-corrected chi connectivity index (χ0v) is 14.7. The summed E-state index contributed by atoms with van der Waals surface area (Å²) in [5.74, 6) is -0.597. The lowest BCUT2D eigenvalue weighted by atomic mass is 10.0. The molecule has 0 saturated carbocycles. The molecule has 2 aliphatic rings. The van der Waals surface area contributed by atoms with Crippen LogP contribution >= 0.6 is 11.6 Å². The third-order valence-corrected chi connectivity index (χ3v) is 4.96. The van der Waals surface area contributed by atoms with Crippen LogP contribution in [-0.4, -0.2) is 30.4 Å². The molecule has 2 saturated heterocycles. The van der Waals surface area contributed by atoms with Crippen LogP contribution in [0.25, 0.3) is 0 Å². The van der Waals surface area contributed by atoms with Crippen molar-refractivity contribution < 1.29 is 23.4 Å². The molecule has 0 aliphatic carbocycles. The van der Waals surface area contributed by atoms with Crippen LogP contribution in [0, 0.1) is 0 Å². The van der Waals surface area contributed by atoms with E-state index in [1.54, 1.807) is 6.26 Å². The summed E-state index contributed by atoms with van der Waals surface area (Å²) in [6.45, 7) is 6.52. The zero-order valence-electron chi connectivity index (χ0n) is 13.9. The average molecular weight is 345 g/mol. The molecule has 2 fully saturated rings. The molecule has 6 heteroatoms. The van der Waals surface area contributed by atoms with Gasteiger partial charge in [0.15, 0.2) is 17.3 Å². The average Bonchev–Trinajstić information content (AvgIpc) is 3.17. The van der Waals surface area contributed by atoms with E-state index in [-0.39, 0.29) is 24.6 Å². The molecule has 0 radical (unpaired) electrons. The first kappa shape index (κ1) is 17.2. The summed E-state index contributed by atoms with van der Waals surface area (Å²) in [6.07, 6.45) is 4.73. The first-order chi connectivity index (χ1) is 11.1. The highest BCUT2D eigenvalue weighted by Crippen LogP contribution is 2.41. The maximum atomic E-state index is 6.12. The van der Waals surface area contributed by atoms with Gasteiger partial charge in [-0.2, -0.15) is 0 Å². The lowest BCUT2D eigenvalue weighted by molar-refractivity contribution is -0.229. The maximum Gasteiger partial charge on any atom is 0.198 e. The molecule has 3 rings (SSSR count). The molecule has 23 heavy (non-hydrogen) atoms. The summed E-state index contributed by atoms with van der Waals surface area (Å²) in [7, 11) is 0. The van der Waals surface area contributed by atoms with Crippen LogP contribution in [0.1, 0.15) is 52.0 Å². The van der Waals surface area contributed by atoms with Gasteiger partial charge in [-0.15, -0.1) is 0 Å². The van der Waals surface area contributed by atoms with Crippen LogP contribution < -0.4 is 0 Å². The molecule has 0 amide bonds. The number of ether oxygens (including phenoxy) is 4. The second-order valence-corrected chi connectivity index (χ2v) is 6.71. The first-order valence-electron chi connectivity index (χ1n) is 8.41. The Morgan fingerprint density at radius 2 is 2.13 bits per heavy atom. The molecule has 1 aromatic heterocycles. The molecule has 3 heterocycles. The Kier molecular flexibility index (Phi) is 5.33. The van der Waals surface area contributed by atoms with Crippen molar-refractivity contribution in [1.29, 1.82) is 0 Å². The van der Waals surface area contributed by atoms with Gasteiger partial charge in [0.2, 0.25) is 0 Å². The van der Waals surface area contributed by atoms with E-state index in [1.165, 1.54) is 0 Å². The van der Waals surface area contributed by atoms with E-state index >= 15 is 0 Å². The molecule has 0 bridgehead atoms. The van der Waals surface area contributed by atoms with E-state index in [4.69, 9.17) is 35.0 Å². The minimum atomic E-state index is -0.597. The van der Waals surface area contributed by atoms with Gasteiger partial charge in [-0.1, -0.05) is 26.7 Å². The van der Waals surface area contributed by atoms with Crippen LogP contribution in [0.15, 0.2) is 16.7 Å². The summed E-state index contributed by atoms with van der Waals surface area (Å²) in [6, 6.07) is 1.82. The minimum Gasteiger partial charge on any atom is -0.453 e. The number of hydrogen-bond acceptors (Lipinski definition) is 5. The quantitative estimate of drug-likeness (QED) is 0.739. The smallest absolute Gasteiger partial charge is 0.198 e. The van der Waals surface area contributed by atoms with Crippen LogP contribution in [-0.2, 0) is 25.6 Å². The van der Waals surface area contributed by atoms with E-state index in [1.807, 2.05) is 19.9 Å². The SMILES string of the molecule is CCCC[C@H]1O[C@@H]2OC(C)(CC)O[C@@H]2[C@H]1OCc1ccoc1Cl. The largest absolute Gasteiger partial charge is 0.453 e. The summed E-state index contributed by atoms with van der Waals surface area (Å²) in [5.41, 5.74) is 0.835. The van der Waals surface area contributed by atoms with Crippen LogP contribution in [0.4, 0.5) is 0 Å². The van der Waals surface area contributed by atoms with Crippen molar-refractivity contribution in [3.63, 3.8) is 0 Å². The third-order valence-electron chi connectivity index (χ3n) is 4.63. The van der Waals surface area contributed by atoms with Crippen LogP contribution in [0.2, 0.25) is 5.22 Å². The van der Waals surface area contributed by atoms with Gasteiger partial charge < -0.3 is 23.4 Å². The van der Waals surface area contributed by atoms with E-state index in [2.05, 4.69) is 6.92 Å². The van der Waals surface area contributed by atoms with Crippen molar-refractivity contribution in [1.82, 2.24) is 0 Å². The molecule has 0 spiro atoms. The predicted molar refractivity (Wildman–Crippen MR) is 85.1 cm³/mol. The zero-order chi connectivity index (χ0) is 16.4. The monoisotopic (exact) mass is 344 g/mol. The summed E-state index contributed by atoms with van der Waals surface area (Å²) in [4.78, 5) is 0. The number of fused-ring (bicyclic) bond motifs is 1. The summed E-state index contributed by atoms with van der Waals surface area (Å²) in [5, 5.41) is 0.368. The van der Waals surface area contributed by atoms with Crippen LogP contribution in [0.5, 0.6) is 0 Å². The minimum absolute atomic E-state index is 0.0166. The van der Waals surface area contributed by atoms with Crippen molar-refractivity contribution in [3.05, 3.63) is 23.1 Å². The van der Waals surface area contributed by atoms with E-state index < -0.39 is 5.79 Å². The second kappa shape index (κ2) is 7.11. The maximum absolute atomic E-state index is 6.12. The molecule has 1 unspecified atom stereocenters. The van der Waals surface area contributed by atoms with Gasteiger partial charge in [0.25, 0.3) is 0 Å². The van der Waals surface area contributed by atoms with Gasteiger partial charge in [0.1, 0.15) is 12.2 Å². The number of halogens is 1. The fourth-order valence-electron chi connectivity index (χ4n) is 3.09. The highest BCUT2D eigenvalue weighted by molar-refractivity contribution is 6.29. The fourth-order valence-corrected chi connectivity index (χ4v) is 3.26. The number of unbranched alkanes of at least 4 members (excludes halogenated alkanes) is 1. The number of furan rings is 1. The molecule has 2 aliphatic heterocycles. The second-order valence-electron chi connectivity index (χ2n) is 6.37. The summed E-state index contributed by atoms with van der Waals surface area (Å²) >= 11 is 5.99. The lowest BCUT2D eigenvalue weighted by Crippen LogP contribution is -2.37. The highest BCUT2D eigenvalue weighted by atomic mass is 35.5. The van der Waals surface area contributed by atoms with E-state index in [0.29, 0.717) is 11.8 Å². The van der Waals surface area contributed by atoms with Crippen molar-refractivity contribution in [3.8, 4) is 0 Å². The Morgan fingerprint density at radius 3 is 2.78 bits per heavy atom. The van der Waals surface area contributed by atoms with Gasteiger partial charge in [-0.05, 0) is 37.4 Å². The topological polar surface area (TPSA) is 50.1 Å². The van der Waals surface area contributed by atoms with Gasteiger partial charge in [0, 0.05) is 5.56 Å². The Balaban J connectivity index is 1.68. The standard InChI is InChI=1S/C17H25ClO5/c1-4-6-7-12-13(20-10-11-8-9-19-15(11)18)14-16(21-12)23-17(3,5-2)22-14/h8-9,12-14,16H,4-7,10H2,1-3H3/t12-,13+,14-,16-,17?/m1/s1. The molecule has 1 aromatic rings. The van der Waals surface area contributed by atoms with Crippen molar-refractivity contribution in [2.45, 2.75) is 83.5 Å². The Bertz CT molecular complexity index is 519. The molecular formula is C17H25ClO5.